The smallest absolute Gasteiger partial charge is 0.419 e. The second-order valence-electron chi connectivity index (χ2n) is 6.90. The lowest BCUT2D eigenvalue weighted by Crippen LogP contribution is -2.18. The zero-order valence-corrected chi connectivity index (χ0v) is 17.4. The summed E-state index contributed by atoms with van der Waals surface area (Å²) in [6.45, 7) is 6.27. The summed E-state index contributed by atoms with van der Waals surface area (Å²) >= 11 is 0. The van der Waals surface area contributed by atoms with Crippen molar-refractivity contribution in [3.05, 3.63) is 76.9 Å². The summed E-state index contributed by atoms with van der Waals surface area (Å²) in [4.78, 5) is 17.2. The average molecular weight is 394 g/mol. The van der Waals surface area contributed by atoms with Crippen molar-refractivity contribution in [3.63, 3.8) is 0 Å². The average Bonchev–Trinajstić information content (AvgIpc) is 3.23. The van der Waals surface area contributed by atoms with E-state index in [1.54, 1.807) is 44.8 Å². The normalized spacial score (nSPS) is 11.8. The third kappa shape index (κ3) is 4.26. The Morgan fingerprint density at radius 3 is 2.66 bits per heavy atom. The third-order valence-corrected chi connectivity index (χ3v) is 5.21. The van der Waals surface area contributed by atoms with Crippen LogP contribution in [0.4, 0.5) is 4.79 Å². The van der Waals surface area contributed by atoms with Crippen LogP contribution >= 0.6 is 0 Å². The first-order valence-electron chi connectivity index (χ1n) is 9.43. The molecule has 0 saturated heterocycles. The summed E-state index contributed by atoms with van der Waals surface area (Å²) in [6, 6.07) is 11.5. The molecule has 0 saturated carbocycles. The molecule has 29 heavy (non-hydrogen) atoms. The highest BCUT2D eigenvalue weighted by Crippen LogP contribution is 2.28. The maximum absolute atomic E-state index is 12.8. The summed E-state index contributed by atoms with van der Waals surface area (Å²) in [6.07, 6.45) is 2.76. The van der Waals surface area contributed by atoms with E-state index in [1.807, 2.05) is 13.0 Å². The molecule has 1 atom stereocenters. The number of imidazole rings is 1. The number of carbonyl (C=O) groups is 1. The molecular formula is C23H26N2O4. The van der Waals surface area contributed by atoms with Crippen molar-refractivity contribution in [1.29, 1.82) is 0 Å². The molecule has 0 unspecified atom stereocenters. The van der Waals surface area contributed by atoms with Crippen LogP contribution in [0.5, 0.6) is 11.5 Å². The topological polar surface area (TPSA) is 62.6 Å². The van der Waals surface area contributed by atoms with Crippen LogP contribution < -0.4 is 9.47 Å². The highest BCUT2D eigenvalue weighted by Gasteiger charge is 2.21. The molecular weight excluding hydrogens is 368 g/mol. The molecule has 0 N–H and O–H groups in total. The quantitative estimate of drug-likeness (QED) is 0.598. The third-order valence-electron chi connectivity index (χ3n) is 5.21. The van der Waals surface area contributed by atoms with Gasteiger partial charge in [0.1, 0.15) is 23.9 Å². The Balaban J connectivity index is 1.80. The first-order chi connectivity index (χ1) is 14.0. The van der Waals surface area contributed by atoms with Gasteiger partial charge in [-0.25, -0.2) is 14.3 Å². The Labute approximate surface area is 171 Å². The predicted octanol–water partition coefficient (Wildman–Crippen LogP) is 4.85. The lowest BCUT2D eigenvalue weighted by Gasteiger charge is -2.17. The van der Waals surface area contributed by atoms with Crippen LogP contribution in [0.1, 0.15) is 40.9 Å². The van der Waals surface area contributed by atoms with Gasteiger partial charge in [-0.2, -0.15) is 0 Å². The number of ether oxygens (including phenoxy) is 3. The Bertz CT molecular complexity index is 1010. The standard InChI is InChI=1S/C23H26N2O4/c1-15-7-6-8-20(16(15)2)17(3)22-24-11-12-25(22)23(26)29-14-18-13-19(27-4)9-10-21(18)28-5/h6-13,17H,14H2,1-5H3/t17-/m0/s1. The first kappa shape index (κ1) is 20.5. The van der Waals surface area contributed by atoms with E-state index in [0.29, 0.717) is 17.3 Å². The van der Waals surface area contributed by atoms with Gasteiger partial charge in [-0.05, 0) is 48.7 Å². The van der Waals surface area contributed by atoms with Gasteiger partial charge in [-0.1, -0.05) is 25.1 Å². The van der Waals surface area contributed by atoms with Gasteiger partial charge in [0.2, 0.25) is 0 Å². The SMILES string of the molecule is COc1ccc(OC)c(COC(=O)n2ccnc2[C@@H](C)c2cccc(C)c2C)c1. The number of benzene rings is 2. The van der Waals surface area contributed by atoms with Gasteiger partial charge in [-0.3, -0.25) is 0 Å². The molecule has 0 fully saturated rings. The van der Waals surface area contributed by atoms with Gasteiger partial charge in [0.15, 0.2) is 0 Å². The Morgan fingerprint density at radius 2 is 1.93 bits per heavy atom. The number of hydrogen-bond acceptors (Lipinski definition) is 5. The van der Waals surface area contributed by atoms with E-state index in [2.05, 4.69) is 31.0 Å². The fraction of sp³-hybridized carbons (Fsp3) is 0.304. The predicted molar refractivity (Wildman–Crippen MR) is 111 cm³/mol. The van der Waals surface area contributed by atoms with Crippen molar-refractivity contribution in [1.82, 2.24) is 9.55 Å². The summed E-state index contributed by atoms with van der Waals surface area (Å²) < 4.78 is 17.6. The second-order valence-corrected chi connectivity index (χ2v) is 6.90. The fourth-order valence-electron chi connectivity index (χ4n) is 3.38. The zero-order valence-electron chi connectivity index (χ0n) is 17.4. The van der Waals surface area contributed by atoms with Crippen molar-refractivity contribution in [2.24, 2.45) is 0 Å². The van der Waals surface area contributed by atoms with Crippen molar-refractivity contribution >= 4 is 6.09 Å². The maximum atomic E-state index is 12.8. The molecule has 0 spiro atoms. The zero-order chi connectivity index (χ0) is 21.0. The molecule has 3 aromatic rings. The minimum absolute atomic E-state index is 0.0520. The van der Waals surface area contributed by atoms with E-state index in [9.17, 15) is 4.79 Å². The van der Waals surface area contributed by atoms with Crippen LogP contribution in [0.3, 0.4) is 0 Å². The number of hydrogen-bond donors (Lipinski definition) is 0. The fourth-order valence-corrected chi connectivity index (χ4v) is 3.38. The van der Waals surface area contributed by atoms with Gasteiger partial charge in [0.25, 0.3) is 0 Å². The van der Waals surface area contributed by atoms with E-state index < -0.39 is 6.09 Å². The van der Waals surface area contributed by atoms with Crippen LogP contribution in [0.15, 0.2) is 48.8 Å². The van der Waals surface area contributed by atoms with Crippen molar-refractivity contribution < 1.29 is 19.0 Å². The van der Waals surface area contributed by atoms with Gasteiger partial charge in [0.05, 0.1) is 14.2 Å². The minimum Gasteiger partial charge on any atom is -0.497 e. The summed E-state index contributed by atoms with van der Waals surface area (Å²) in [7, 11) is 3.16. The summed E-state index contributed by atoms with van der Waals surface area (Å²) in [5.41, 5.74) is 4.27. The monoisotopic (exact) mass is 394 g/mol. The van der Waals surface area contributed by atoms with E-state index in [4.69, 9.17) is 14.2 Å². The lowest BCUT2D eigenvalue weighted by atomic mass is 9.93. The van der Waals surface area contributed by atoms with Crippen LogP contribution in [-0.2, 0) is 11.3 Å². The molecule has 3 rings (SSSR count). The van der Waals surface area contributed by atoms with Crippen LogP contribution in [0, 0.1) is 13.8 Å². The maximum Gasteiger partial charge on any atom is 0.419 e. The summed E-state index contributed by atoms with van der Waals surface area (Å²) in [5.74, 6) is 1.89. The molecule has 0 aliphatic rings. The number of nitrogens with zero attached hydrogens (tertiary/aromatic N) is 2. The van der Waals surface area contributed by atoms with Gasteiger partial charge >= 0.3 is 6.09 Å². The molecule has 0 bridgehead atoms. The molecule has 6 heteroatoms. The second kappa shape index (κ2) is 8.82. The molecule has 1 heterocycles. The summed E-state index contributed by atoms with van der Waals surface area (Å²) in [5, 5.41) is 0. The lowest BCUT2D eigenvalue weighted by molar-refractivity contribution is 0.139. The highest BCUT2D eigenvalue weighted by atomic mass is 16.6. The van der Waals surface area contributed by atoms with Crippen molar-refractivity contribution in [2.45, 2.75) is 33.3 Å². The molecule has 2 aromatic carbocycles. The molecule has 0 radical (unpaired) electrons. The molecule has 0 aliphatic carbocycles. The largest absolute Gasteiger partial charge is 0.497 e. The van der Waals surface area contributed by atoms with E-state index in [1.165, 1.54) is 15.7 Å². The molecule has 0 amide bonds. The van der Waals surface area contributed by atoms with Crippen molar-refractivity contribution in [2.75, 3.05) is 14.2 Å². The Morgan fingerprint density at radius 1 is 1.14 bits per heavy atom. The Kier molecular flexibility index (Phi) is 6.22. The van der Waals surface area contributed by atoms with E-state index >= 15 is 0 Å². The molecule has 0 aliphatic heterocycles. The number of methoxy groups -OCH3 is 2. The van der Waals surface area contributed by atoms with Gasteiger partial charge < -0.3 is 14.2 Å². The molecule has 152 valence electrons. The van der Waals surface area contributed by atoms with E-state index in [0.717, 1.165) is 11.1 Å². The van der Waals surface area contributed by atoms with Crippen LogP contribution in [-0.4, -0.2) is 29.9 Å². The number of rotatable bonds is 6. The van der Waals surface area contributed by atoms with Crippen molar-refractivity contribution in [3.8, 4) is 11.5 Å². The highest BCUT2D eigenvalue weighted by molar-refractivity contribution is 5.71. The molecule has 6 nitrogen and oxygen atoms in total. The Hall–Kier alpha value is -3.28. The first-order valence-corrected chi connectivity index (χ1v) is 9.43. The minimum atomic E-state index is -0.487. The van der Waals surface area contributed by atoms with Crippen LogP contribution in [0.2, 0.25) is 0 Å². The molecule has 1 aromatic heterocycles. The van der Waals surface area contributed by atoms with Gasteiger partial charge in [-0.15, -0.1) is 0 Å². The van der Waals surface area contributed by atoms with E-state index in [-0.39, 0.29) is 12.5 Å². The number of aryl methyl sites for hydroxylation is 1. The number of aromatic nitrogens is 2. The number of carbonyl (C=O) groups excluding carboxylic acids is 1. The van der Waals surface area contributed by atoms with Gasteiger partial charge in [0, 0.05) is 23.9 Å². The van der Waals surface area contributed by atoms with Crippen LogP contribution in [0.25, 0.3) is 0 Å².